The van der Waals surface area contributed by atoms with Crippen molar-refractivity contribution in [2.75, 3.05) is 24.7 Å². The Kier molecular flexibility index (Phi) is 7.36. The molecular formula is C32H30N2O6S. The number of nitrogens with zero attached hydrogens (tertiary/aromatic N) is 2. The van der Waals surface area contributed by atoms with Gasteiger partial charge in [-0.15, -0.1) is 0 Å². The highest BCUT2D eigenvalue weighted by Gasteiger charge is 2.48. The molecule has 210 valence electrons. The van der Waals surface area contributed by atoms with Gasteiger partial charge in [-0.05, 0) is 66.9 Å². The van der Waals surface area contributed by atoms with Gasteiger partial charge in [-0.3, -0.25) is 14.5 Å². The van der Waals surface area contributed by atoms with Crippen molar-refractivity contribution in [2.24, 2.45) is 0 Å². The summed E-state index contributed by atoms with van der Waals surface area (Å²) in [7, 11) is 0. The van der Waals surface area contributed by atoms with Crippen LogP contribution in [-0.4, -0.2) is 41.6 Å². The number of Topliss-reactive ketones (excluding diaryl/α,β-unsaturated/α-hetero) is 1. The number of aromatic nitrogens is 1. The fraction of sp³-hybridized carbons (Fsp3) is 0.281. The fourth-order valence-electron chi connectivity index (χ4n) is 5.10. The van der Waals surface area contributed by atoms with Crippen molar-refractivity contribution in [1.29, 1.82) is 0 Å². The number of thiazole rings is 1. The molecule has 4 aromatic rings. The maximum absolute atomic E-state index is 13.6. The van der Waals surface area contributed by atoms with Crippen molar-refractivity contribution in [3.63, 3.8) is 0 Å². The number of aryl methyl sites for hydroxylation is 1. The largest absolute Gasteiger partial charge is 0.507 e. The number of benzene rings is 3. The Morgan fingerprint density at radius 1 is 1.02 bits per heavy atom. The number of aliphatic hydroxyl groups excluding tert-OH is 1. The number of aliphatic hydroxyl groups is 1. The third-order valence-electron chi connectivity index (χ3n) is 7.21. The van der Waals surface area contributed by atoms with Crippen LogP contribution in [0.25, 0.3) is 16.0 Å². The first-order valence-corrected chi connectivity index (χ1v) is 14.6. The smallest absolute Gasteiger partial charge is 0.301 e. The molecule has 9 heteroatoms. The number of hydrogen-bond acceptors (Lipinski definition) is 8. The molecule has 8 nitrogen and oxygen atoms in total. The summed E-state index contributed by atoms with van der Waals surface area (Å²) in [5.74, 6) is -0.0856. The van der Waals surface area contributed by atoms with Crippen molar-refractivity contribution < 1.29 is 28.9 Å². The molecule has 1 N–H and O–H groups in total. The molecule has 3 heterocycles. The Morgan fingerprint density at radius 2 is 1.80 bits per heavy atom. The van der Waals surface area contributed by atoms with Gasteiger partial charge >= 0.3 is 5.91 Å². The summed E-state index contributed by atoms with van der Waals surface area (Å²) in [4.78, 5) is 33.3. The van der Waals surface area contributed by atoms with Gasteiger partial charge in [0, 0.05) is 5.56 Å². The Morgan fingerprint density at radius 3 is 2.59 bits per heavy atom. The van der Waals surface area contributed by atoms with Crippen LogP contribution >= 0.6 is 11.3 Å². The van der Waals surface area contributed by atoms with E-state index in [1.54, 1.807) is 18.2 Å². The number of anilines is 1. The standard InChI is InChI=1S/C32H30N2O6S/c1-3-4-5-14-38-22-10-7-20(8-11-22)28-27(29(35)21-9-13-24-25(18-21)40-16-15-39-24)30(36)31(37)34(28)32-33-23-12-6-19(2)17-26(23)41-32/h6-13,17-18,28,35H,3-5,14-16H2,1-2H3/b29-27+. The van der Waals surface area contributed by atoms with Gasteiger partial charge in [0.1, 0.15) is 24.7 Å². The van der Waals surface area contributed by atoms with Crippen LogP contribution in [0.3, 0.4) is 0 Å². The molecule has 41 heavy (non-hydrogen) atoms. The molecule has 0 aliphatic carbocycles. The zero-order valence-corrected chi connectivity index (χ0v) is 23.7. The summed E-state index contributed by atoms with van der Waals surface area (Å²) in [5, 5.41) is 11.9. The lowest BCUT2D eigenvalue weighted by Crippen LogP contribution is -2.29. The highest BCUT2D eigenvalue weighted by Crippen LogP contribution is 2.45. The number of carbonyl (C=O) groups is 2. The molecule has 1 atom stereocenters. The topological polar surface area (TPSA) is 98.2 Å². The van der Waals surface area contributed by atoms with Crippen molar-refractivity contribution in [3.05, 3.63) is 82.9 Å². The summed E-state index contributed by atoms with van der Waals surface area (Å²) >= 11 is 1.34. The summed E-state index contributed by atoms with van der Waals surface area (Å²) in [6, 6.07) is 17.2. The normalized spacial score (nSPS) is 17.8. The van der Waals surface area contributed by atoms with Crippen LogP contribution in [0.4, 0.5) is 5.13 Å². The van der Waals surface area contributed by atoms with Crippen molar-refractivity contribution >= 4 is 44.1 Å². The average Bonchev–Trinajstić information content (AvgIpc) is 3.52. The Balaban J connectivity index is 1.44. The monoisotopic (exact) mass is 570 g/mol. The molecule has 1 fully saturated rings. The molecule has 0 saturated carbocycles. The number of fused-ring (bicyclic) bond motifs is 2. The summed E-state index contributed by atoms with van der Waals surface area (Å²) in [6.07, 6.45) is 3.16. The van der Waals surface area contributed by atoms with E-state index in [2.05, 4.69) is 6.92 Å². The average molecular weight is 571 g/mol. The molecule has 0 spiro atoms. The maximum Gasteiger partial charge on any atom is 0.301 e. The first-order chi connectivity index (χ1) is 19.9. The zero-order valence-electron chi connectivity index (χ0n) is 22.9. The van der Waals surface area contributed by atoms with E-state index < -0.39 is 17.7 Å². The minimum atomic E-state index is -0.890. The second kappa shape index (κ2) is 11.2. The number of unbranched alkanes of at least 4 members (excludes halogenated alkanes) is 2. The third-order valence-corrected chi connectivity index (χ3v) is 8.23. The Bertz CT molecular complexity index is 1660. The third kappa shape index (κ3) is 5.13. The van der Waals surface area contributed by atoms with Gasteiger partial charge in [0.25, 0.3) is 5.78 Å². The van der Waals surface area contributed by atoms with E-state index in [-0.39, 0.29) is 11.3 Å². The van der Waals surface area contributed by atoms with E-state index in [1.807, 2.05) is 49.4 Å². The lowest BCUT2D eigenvalue weighted by atomic mass is 9.95. The predicted molar refractivity (Wildman–Crippen MR) is 158 cm³/mol. The van der Waals surface area contributed by atoms with Crippen molar-refractivity contribution in [1.82, 2.24) is 4.98 Å². The van der Waals surface area contributed by atoms with E-state index in [0.29, 0.717) is 53.3 Å². The highest BCUT2D eigenvalue weighted by molar-refractivity contribution is 7.22. The van der Waals surface area contributed by atoms with Crippen LogP contribution in [0.1, 0.15) is 48.9 Å². The minimum Gasteiger partial charge on any atom is -0.507 e. The number of carbonyl (C=O) groups excluding carboxylic acids is 2. The molecule has 0 bridgehead atoms. The van der Waals surface area contributed by atoms with Crippen LogP contribution in [-0.2, 0) is 9.59 Å². The molecule has 1 aromatic heterocycles. The highest BCUT2D eigenvalue weighted by atomic mass is 32.1. The van der Waals surface area contributed by atoms with Gasteiger partial charge in [-0.2, -0.15) is 0 Å². The van der Waals surface area contributed by atoms with Crippen LogP contribution in [0, 0.1) is 6.92 Å². The van der Waals surface area contributed by atoms with E-state index in [4.69, 9.17) is 19.2 Å². The van der Waals surface area contributed by atoms with Crippen molar-refractivity contribution in [2.45, 2.75) is 39.2 Å². The molecule has 0 radical (unpaired) electrons. The van der Waals surface area contributed by atoms with Crippen LogP contribution in [0.5, 0.6) is 17.2 Å². The van der Waals surface area contributed by atoms with E-state index >= 15 is 0 Å². The van der Waals surface area contributed by atoms with Crippen LogP contribution in [0.2, 0.25) is 0 Å². The van der Waals surface area contributed by atoms with Gasteiger partial charge in [0.05, 0.1) is 28.4 Å². The minimum absolute atomic E-state index is 0.0151. The number of rotatable bonds is 8. The SMILES string of the molecule is CCCCCOc1ccc(C2/C(=C(\O)c3ccc4c(c3)OCCO4)C(=O)C(=O)N2c2nc3ccc(C)cc3s2)cc1. The van der Waals surface area contributed by atoms with E-state index in [0.717, 1.165) is 35.0 Å². The fourth-order valence-corrected chi connectivity index (χ4v) is 6.19. The molecule has 1 amide bonds. The van der Waals surface area contributed by atoms with Gasteiger partial charge in [-0.25, -0.2) is 4.98 Å². The summed E-state index contributed by atoms with van der Waals surface area (Å²) in [5.41, 5.74) is 2.80. The first-order valence-electron chi connectivity index (χ1n) is 13.8. The molecule has 1 unspecified atom stereocenters. The molecule has 3 aromatic carbocycles. The summed E-state index contributed by atoms with van der Waals surface area (Å²) in [6.45, 7) is 5.56. The molecule has 6 rings (SSSR count). The number of hydrogen-bond donors (Lipinski definition) is 1. The van der Waals surface area contributed by atoms with Crippen LogP contribution in [0.15, 0.2) is 66.2 Å². The maximum atomic E-state index is 13.6. The van der Waals surface area contributed by atoms with Gasteiger partial charge in [0.2, 0.25) is 0 Å². The molecule has 2 aliphatic rings. The molecular weight excluding hydrogens is 540 g/mol. The van der Waals surface area contributed by atoms with Gasteiger partial charge < -0.3 is 19.3 Å². The Labute approximate surface area is 241 Å². The zero-order chi connectivity index (χ0) is 28.5. The second-order valence-electron chi connectivity index (χ2n) is 10.1. The van der Waals surface area contributed by atoms with Crippen LogP contribution < -0.4 is 19.1 Å². The van der Waals surface area contributed by atoms with Crippen molar-refractivity contribution in [3.8, 4) is 17.2 Å². The second-order valence-corrected chi connectivity index (χ2v) is 11.1. The van der Waals surface area contributed by atoms with Gasteiger partial charge in [-0.1, -0.05) is 49.3 Å². The quantitative estimate of drug-likeness (QED) is 0.111. The number of amides is 1. The molecule has 1 saturated heterocycles. The van der Waals surface area contributed by atoms with E-state index in [9.17, 15) is 14.7 Å². The molecule has 2 aliphatic heterocycles. The summed E-state index contributed by atoms with van der Waals surface area (Å²) < 4.78 is 18.1. The number of ether oxygens (including phenoxy) is 3. The lowest BCUT2D eigenvalue weighted by molar-refractivity contribution is -0.132. The number of ketones is 1. The van der Waals surface area contributed by atoms with E-state index in [1.165, 1.54) is 16.2 Å². The van der Waals surface area contributed by atoms with Gasteiger partial charge in [0.15, 0.2) is 16.6 Å². The Hall–Kier alpha value is -4.37. The predicted octanol–water partition coefficient (Wildman–Crippen LogP) is 6.57. The lowest BCUT2D eigenvalue weighted by Gasteiger charge is -2.23. The first kappa shape index (κ1) is 26.8.